The fourth-order valence-corrected chi connectivity index (χ4v) is 0. The highest BCUT2D eigenvalue weighted by Gasteiger charge is 1.24. The number of hydrogen-bond donors (Lipinski definition) is 0. The van der Waals surface area contributed by atoms with Crippen molar-refractivity contribution in [1.82, 2.24) is 0 Å². The van der Waals surface area contributed by atoms with Crippen LogP contribution in [-0.4, -0.2) is 18.4 Å². The largest absolute Gasteiger partial charge is 0.307 e. The standard InChI is InChI=1S/C2H4O.C2H4S.CH2O/c2*1-2-3;1-2/h2*2H,1H3;1H2. The minimum Gasteiger partial charge on any atom is -0.307 e. The second-order valence-corrected chi connectivity index (χ2v) is 0.943. The van der Waals surface area contributed by atoms with Crippen LogP contribution in [0.15, 0.2) is 0 Å². The molecule has 0 aliphatic rings. The normalized spacial score (nSPS) is 3.75. The summed E-state index contributed by atoms with van der Waals surface area (Å²) in [7, 11) is 0. The second kappa shape index (κ2) is 92.7. The summed E-state index contributed by atoms with van der Waals surface area (Å²) in [5.74, 6) is 0. The first kappa shape index (κ1) is 15.7. The molecule has 0 aliphatic carbocycles. The van der Waals surface area contributed by atoms with Crippen LogP contribution in [0.4, 0.5) is 0 Å². The van der Waals surface area contributed by atoms with Gasteiger partial charge < -0.3 is 9.59 Å². The van der Waals surface area contributed by atoms with Crippen LogP contribution in [0.1, 0.15) is 13.8 Å². The van der Waals surface area contributed by atoms with Crippen LogP contribution in [0, 0.1) is 0 Å². The Balaban J connectivity index is -0.0000000483. The van der Waals surface area contributed by atoms with E-state index in [0.717, 1.165) is 6.29 Å². The van der Waals surface area contributed by atoms with Gasteiger partial charge in [-0.3, -0.25) is 0 Å². The van der Waals surface area contributed by atoms with E-state index in [1.54, 1.807) is 5.37 Å². The predicted molar refractivity (Wildman–Crippen MR) is 38.2 cm³/mol. The molecule has 0 saturated carbocycles. The van der Waals surface area contributed by atoms with Crippen molar-refractivity contribution < 1.29 is 9.59 Å². The van der Waals surface area contributed by atoms with Crippen LogP contribution in [0.2, 0.25) is 0 Å². The van der Waals surface area contributed by atoms with Gasteiger partial charge in [0.2, 0.25) is 0 Å². The van der Waals surface area contributed by atoms with Crippen LogP contribution in [-0.2, 0) is 9.59 Å². The number of rotatable bonds is 0. The zero-order valence-corrected chi connectivity index (χ0v) is 5.90. The van der Waals surface area contributed by atoms with E-state index in [0.29, 0.717) is 0 Å². The summed E-state index contributed by atoms with van der Waals surface area (Å²) >= 11 is 4.27. The molecule has 0 heterocycles. The Morgan fingerprint density at radius 1 is 1.38 bits per heavy atom. The molecule has 0 aliphatic heterocycles. The molecule has 2 nitrogen and oxygen atoms in total. The van der Waals surface area contributed by atoms with Gasteiger partial charge in [0.25, 0.3) is 0 Å². The highest BCUT2D eigenvalue weighted by Crippen LogP contribution is 1.32. The molecule has 0 atom stereocenters. The van der Waals surface area contributed by atoms with E-state index in [-0.39, 0.29) is 0 Å². The van der Waals surface area contributed by atoms with E-state index < -0.39 is 0 Å². The number of carbonyl (C=O) groups is 2. The van der Waals surface area contributed by atoms with Crippen molar-refractivity contribution in [2.45, 2.75) is 13.8 Å². The van der Waals surface area contributed by atoms with E-state index in [9.17, 15) is 0 Å². The second-order valence-electron chi connectivity index (χ2n) is 0.471. The maximum absolute atomic E-state index is 8.81. The summed E-state index contributed by atoms with van der Waals surface area (Å²) < 4.78 is 0. The van der Waals surface area contributed by atoms with Crippen LogP contribution in [0.25, 0.3) is 0 Å². The molecule has 0 spiro atoms. The van der Waals surface area contributed by atoms with E-state index in [4.69, 9.17) is 9.59 Å². The summed E-state index contributed by atoms with van der Waals surface area (Å²) in [6.45, 7) is 5.26. The molecule has 0 radical (unpaired) electrons. The fraction of sp³-hybridized carbons (Fsp3) is 0.400. The van der Waals surface area contributed by atoms with E-state index in [1.807, 2.05) is 13.7 Å². The van der Waals surface area contributed by atoms with Crippen molar-refractivity contribution in [3.8, 4) is 0 Å². The average Bonchev–Trinajstić information content (AvgIpc) is 1.75. The molecular weight excluding hydrogens is 124 g/mol. The summed E-state index contributed by atoms with van der Waals surface area (Å²) in [5.41, 5.74) is 0. The number of thiocarbonyl (C=S) groups is 1. The zero-order valence-electron chi connectivity index (χ0n) is 5.09. The molecule has 0 N–H and O–H groups in total. The molecule has 0 saturated heterocycles. The lowest BCUT2D eigenvalue weighted by Crippen LogP contribution is -1.36. The molecule has 0 aromatic rings. The van der Waals surface area contributed by atoms with Gasteiger partial charge in [0.15, 0.2) is 0 Å². The average molecular weight is 134 g/mol. The summed E-state index contributed by atoms with van der Waals surface area (Å²) in [5, 5.41) is 1.58. The molecule has 0 rings (SSSR count). The van der Waals surface area contributed by atoms with Crippen LogP contribution < -0.4 is 0 Å². The van der Waals surface area contributed by atoms with E-state index in [2.05, 4.69) is 12.2 Å². The van der Waals surface area contributed by atoms with E-state index >= 15 is 0 Å². The third-order valence-electron chi connectivity index (χ3n) is 0. The van der Waals surface area contributed by atoms with Gasteiger partial charge in [-0.25, -0.2) is 0 Å². The van der Waals surface area contributed by atoms with Crippen molar-refractivity contribution in [3.63, 3.8) is 0 Å². The molecule has 3 heteroatoms. The minimum absolute atomic E-state index is 0.750. The third-order valence-corrected chi connectivity index (χ3v) is 0. The molecule has 0 unspecified atom stereocenters. The Bertz CT molecular complexity index is 39.7. The summed E-state index contributed by atoms with van der Waals surface area (Å²) in [4.78, 5) is 16.8. The molecule has 0 bridgehead atoms. The van der Waals surface area contributed by atoms with Crippen molar-refractivity contribution in [2.75, 3.05) is 0 Å². The van der Waals surface area contributed by atoms with Crippen molar-refractivity contribution in [1.29, 1.82) is 0 Å². The third kappa shape index (κ3) is 328. The summed E-state index contributed by atoms with van der Waals surface area (Å²) in [6, 6.07) is 0. The quantitative estimate of drug-likeness (QED) is 0.366. The van der Waals surface area contributed by atoms with Gasteiger partial charge in [0.1, 0.15) is 13.1 Å². The molecule has 0 aromatic carbocycles. The molecule has 0 amide bonds. The first-order valence-corrected chi connectivity index (χ1v) is 2.39. The van der Waals surface area contributed by atoms with Crippen molar-refractivity contribution >= 4 is 30.7 Å². The van der Waals surface area contributed by atoms with E-state index in [1.165, 1.54) is 6.92 Å². The Morgan fingerprint density at radius 3 is 1.38 bits per heavy atom. The van der Waals surface area contributed by atoms with Gasteiger partial charge in [-0.15, -0.1) is 0 Å². The van der Waals surface area contributed by atoms with Gasteiger partial charge >= 0.3 is 0 Å². The van der Waals surface area contributed by atoms with Crippen LogP contribution in [0.3, 0.4) is 0 Å². The van der Waals surface area contributed by atoms with Crippen LogP contribution >= 0.6 is 12.2 Å². The van der Waals surface area contributed by atoms with Gasteiger partial charge in [0, 0.05) is 0 Å². The first-order valence-electron chi connectivity index (χ1n) is 1.91. The number of carbonyl (C=O) groups excluding carboxylic acids is 2. The number of aldehydes is 1. The van der Waals surface area contributed by atoms with Crippen molar-refractivity contribution in [3.05, 3.63) is 0 Å². The summed E-state index contributed by atoms with van der Waals surface area (Å²) in [6.07, 6.45) is 0.750. The Kier molecular flexibility index (Phi) is 181. The lowest BCUT2D eigenvalue weighted by Gasteiger charge is -1.26. The monoisotopic (exact) mass is 134 g/mol. The molecule has 8 heavy (non-hydrogen) atoms. The first-order chi connectivity index (χ1) is 3.83. The maximum atomic E-state index is 8.81. The maximum Gasteiger partial charge on any atom is 0.116 e. The lowest BCUT2D eigenvalue weighted by molar-refractivity contribution is -0.106. The smallest absolute Gasteiger partial charge is 0.116 e. The molecule has 0 aromatic heterocycles. The highest BCUT2D eigenvalue weighted by molar-refractivity contribution is 7.78. The topological polar surface area (TPSA) is 34.1 Å². The predicted octanol–water partition coefficient (Wildman–Crippen LogP) is 1.03. The molecule has 48 valence electrons. The van der Waals surface area contributed by atoms with Crippen LogP contribution in [0.5, 0.6) is 0 Å². The molecule has 0 fully saturated rings. The molecular formula is C5H10O2S. The highest BCUT2D eigenvalue weighted by atomic mass is 32.1. The van der Waals surface area contributed by atoms with Gasteiger partial charge in [-0.05, 0) is 19.2 Å². The minimum atomic E-state index is 0.750. The Labute approximate surface area is 54.9 Å². The SMILES string of the molecule is C=O.CC=O.CC=S. The number of hydrogen-bond acceptors (Lipinski definition) is 3. The zero-order chi connectivity index (χ0) is 7.41. The van der Waals surface area contributed by atoms with Gasteiger partial charge in [-0.1, -0.05) is 12.2 Å². The van der Waals surface area contributed by atoms with Crippen molar-refractivity contribution in [2.24, 2.45) is 0 Å². The lowest BCUT2D eigenvalue weighted by atomic mass is 11.0. The van der Waals surface area contributed by atoms with Gasteiger partial charge in [-0.2, -0.15) is 0 Å². The Hall–Kier alpha value is -0.570. The fourth-order valence-electron chi connectivity index (χ4n) is 0. The van der Waals surface area contributed by atoms with Gasteiger partial charge in [0.05, 0.1) is 0 Å². The Morgan fingerprint density at radius 2 is 1.38 bits per heavy atom.